The number of rotatable bonds is 11. The minimum Gasteiger partial charge on any atom is -0.354 e. The second kappa shape index (κ2) is 12.0. The van der Waals surface area contributed by atoms with E-state index in [9.17, 15) is 19.7 Å². The third kappa shape index (κ3) is 7.18. The first kappa shape index (κ1) is 23.4. The molecule has 0 aromatic heterocycles. The first-order valence-corrected chi connectivity index (χ1v) is 11.0. The van der Waals surface area contributed by atoms with Gasteiger partial charge in [-0.15, -0.1) is 11.8 Å². The molecule has 0 heterocycles. The summed E-state index contributed by atoms with van der Waals surface area (Å²) in [5.41, 5.74) is 1.91. The third-order valence-electron chi connectivity index (χ3n) is 4.55. The van der Waals surface area contributed by atoms with Gasteiger partial charge in [-0.25, -0.2) is 0 Å². The predicted octanol–water partition coefficient (Wildman–Crippen LogP) is 3.77. The Kier molecular flexibility index (Phi) is 9.34. The van der Waals surface area contributed by atoms with Crippen molar-refractivity contribution in [1.82, 2.24) is 10.2 Å². The Hall–Kier alpha value is -2.87. The fraction of sp³-hybridized carbons (Fsp3) is 0.364. The number of nitro groups is 1. The molecular weight excluding hydrogens is 402 g/mol. The van der Waals surface area contributed by atoms with Gasteiger partial charge in [-0.3, -0.25) is 19.7 Å². The molecule has 0 bridgehead atoms. The quantitative estimate of drug-likeness (QED) is 0.434. The number of carbonyl (C=O) groups excluding carboxylic acids is 2. The fourth-order valence-corrected chi connectivity index (χ4v) is 3.68. The van der Waals surface area contributed by atoms with Crippen LogP contribution in [0.4, 0.5) is 5.69 Å². The van der Waals surface area contributed by atoms with Gasteiger partial charge in [0.05, 0.1) is 10.7 Å². The highest BCUT2D eigenvalue weighted by Crippen LogP contribution is 2.18. The smallest absolute Gasteiger partial charge is 0.269 e. The molecule has 1 unspecified atom stereocenters. The van der Waals surface area contributed by atoms with Crippen LogP contribution in [0.3, 0.4) is 0 Å². The Morgan fingerprint density at radius 3 is 2.37 bits per heavy atom. The average molecular weight is 430 g/mol. The van der Waals surface area contributed by atoms with E-state index in [0.29, 0.717) is 18.8 Å². The summed E-state index contributed by atoms with van der Waals surface area (Å²) in [5, 5.41) is 13.6. The van der Waals surface area contributed by atoms with Crippen molar-refractivity contribution in [1.29, 1.82) is 0 Å². The van der Waals surface area contributed by atoms with E-state index in [4.69, 9.17) is 0 Å². The molecule has 160 valence electrons. The molecule has 2 aromatic rings. The fourth-order valence-electron chi connectivity index (χ4n) is 2.81. The van der Waals surface area contributed by atoms with Crippen molar-refractivity contribution >= 4 is 29.3 Å². The summed E-state index contributed by atoms with van der Waals surface area (Å²) in [6.45, 7) is 4.66. The monoisotopic (exact) mass is 429 g/mol. The van der Waals surface area contributed by atoms with E-state index in [2.05, 4.69) is 5.32 Å². The number of thioether (sulfide) groups is 1. The van der Waals surface area contributed by atoms with Gasteiger partial charge in [0.1, 0.15) is 6.04 Å². The lowest BCUT2D eigenvalue weighted by Gasteiger charge is -2.28. The first-order chi connectivity index (χ1) is 14.4. The molecule has 0 aliphatic heterocycles. The van der Waals surface area contributed by atoms with Crippen molar-refractivity contribution in [2.75, 3.05) is 12.3 Å². The molecule has 1 atom stereocenters. The number of benzene rings is 2. The van der Waals surface area contributed by atoms with Crippen LogP contribution in [0.25, 0.3) is 0 Å². The lowest BCUT2D eigenvalue weighted by molar-refractivity contribution is -0.384. The molecule has 0 radical (unpaired) electrons. The van der Waals surface area contributed by atoms with E-state index in [-0.39, 0.29) is 23.3 Å². The first-order valence-electron chi connectivity index (χ1n) is 9.84. The molecule has 2 rings (SSSR count). The van der Waals surface area contributed by atoms with Crippen LogP contribution in [-0.2, 0) is 21.9 Å². The lowest BCUT2D eigenvalue weighted by atomic mass is 10.1. The van der Waals surface area contributed by atoms with Gasteiger partial charge in [-0.05, 0) is 24.5 Å². The molecule has 0 fully saturated rings. The summed E-state index contributed by atoms with van der Waals surface area (Å²) in [5.74, 6) is 0.487. The summed E-state index contributed by atoms with van der Waals surface area (Å²) in [7, 11) is 0. The van der Waals surface area contributed by atoms with Crippen LogP contribution in [-0.4, -0.2) is 40.0 Å². The molecule has 0 saturated heterocycles. The molecule has 0 spiro atoms. The maximum absolute atomic E-state index is 12.9. The van der Waals surface area contributed by atoms with Crippen molar-refractivity contribution in [3.8, 4) is 0 Å². The summed E-state index contributed by atoms with van der Waals surface area (Å²) >= 11 is 1.42. The van der Waals surface area contributed by atoms with E-state index in [1.807, 2.05) is 37.3 Å². The van der Waals surface area contributed by atoms with E-state index < -0.39 is 11.0 Å². The summed E-state index contributed by atoms with van der Waals surface area (Å²) in [6, 6.07) is 15.3. The summed E-state index contributed by atoms with van der Waals surface area (Å²) in [6.07, 6.45) is 0.830. The number of hydrogen-bond donors (Lipinski definition) is 1. The number of carbonyl (C=O) groups is 2. The molecule has 7 nitrogen and oxygen atoms in total. The van der Waals surface area contributed by atoms with Crippen molar-refractivity contribution in [3.63, 3.8) is 0 Å². The molecule has 1 N–H and O–H groups in total. The number of nitro benzene ring substituents is 1. The van der Waals surface area contributed by atoms with Gasteiger partial charge in [-0.1, -0.05) is 49.4 Å². The maximum Gasteiger partial charge on any atom is 0.269 e. The van der Waals surface area contributed by atoms with Gasteiger partial charge in [0.2, 0.25) is 11.8 Å². The van der Waals surface area contributed by atoms with Gasteiger partial charge < -0.3 is 10.2 Å². The molecule has 30 heavy (non-hydrogen) atoms. The normalized spacial score (nSPS) is 11.5. The van der Waals surface area contributed by atoms with Crippen LogP contribution in [0.15, 0.2) is 54.6 Å². The van der Waals surface area contributed by atoms with Crippen LogP contribution in [0.5, 0.6) is 0 Å². The predicted molar refractivity (Wildman–Crippen MR) is 119 cm³/mol. The molecule has 2 amide bonds. The van der Waals surface area contributed by atoms with E-state index in [1.54, 1.807) is 24.0 Å². The zero-order chi connectivity index (χ0) is 21.9. The molecule has 8 heteroatoms. The molecular formula is C22H27N3O4S. The maximum atomic E-state index is 12.9. The summed E-state index contributed by atoms with van der Waals surface area (Å²) in [4.78, 5) is 37.3. The number of amides is 2. The zero-order valence-corrected chi connectivity index (χ0v) is 18.1. The van der Waals surface area contributed by atoms with E-state index >= 15 is 0 Å². The van der Waals surface area contributed by atoms with Crippen molar-refractivity contribution in [2.45, 2.75) is 38.6 Å². The second-order valence-electron chi connectivity index (χ2n) is 6.89. The Morgan fingerprint density at radius 1 is 1.10 bits per heavy atom. The number of nitrogens with zero attached hydrogens (tertiary/aromatic N) is 2. The van der Waals surface area contributed by atoms with Gasteiger partial charge in [0, 0.05) is 31.0 Å². The second-order valence-corrected chi connectivity index (χ2v) is 7.88. The molecule has 0 aliphatic rings. The Balaban J connectivity index is 2.00. The van der Waals surface area contributed by atoms with E-state index in [1.165, 1.54) is 23.9 Å². The molecule has 2 aromatic carbocycles. The number of nitrogens with one attached hydrogen (secondary N) is 1. The van der Waals surface area contributed by atoms with Crippen molar-refractivity contribution in [3.05, 3.63) is 75.8 Å². The van der Waals surface area contributed by atoms with Gasteiger partial charge >= 0.3 is 0 Å². The largest absolute Gasteiger partial charge is 0.354 e. The standard InChI is InChI=1S/C22H27N3O4S/c1-3-13-23-22(27)17(2)24(14-18-7-5-4-6-8-18)21(26)16-30-15-19-9-11-20(12-10-19)25(28)29/h4-12,17H,3,13-16H2,1-2H3,(H,23,27). The zero-order valence-electron chi connectivity index (χ0n) is 17.2. The topological polar surface area (TPSA) is 92.6 Å². The molecule has 0 aliphatic carbocycles. The van der Waals surface area contributed by atoms with Crippen LogP contribution in [0.2, 0.25) is 0 Å². The minimum absolute atomic E-state index is 0.0424. The number of non-ortho nitro benzene ring substituents is 1. The van der Waals surface area contributed by atoms with Crippen molar-refractivity contribution in [2.24, 2.45) is 0 Å². The highest BCUT2D eigenvalue weighted by atomic mass is 32.2. The van der Waals surface area contributed by atoms with Crippen molar-refractivity contribution < 1.29 is 14.5 Å². The van der Waals surface area contributed by atoms with Gasteiger partial charge in [0.15, 0.2) is 0 Å². The van der Waals surface area contributed by atoms with Gasteiger partial charge in [0.25, 0.3) is 5.69 Å². The Bertz CT molecular complexity index is 843. The van der Waals surface area contributed by atoms with Crippen LogP contribution < -0.4 is 5.32 Å². The SMILES string of the molecule is CCCNC(=O)C(C)N(Cc1ccccc1)C(=O)CSCc1ccc([N+](=O)[O-])cc1. The van der Waals surface area contributed by atoms with Gasteiger partial charge in [-0.2, -0.15) is 0 Å². The minimum atomic E-state index is -0.579. The summed E-state index contributed by atoms with van der Waals surface area (Å²) < 4.78 is 0. The lowest BCUT2D eigenvalue weighted by Crippen LogP contribution is -2.48. The highest BCUT2D eigenvalue weighted by molar-refractivity contribution is 7.99. The highest BCUT2D eigenvalue weighted by Gasteiger charge is 2.25. The van der Waals surface area contributed by atoms with Crippen LogP contribution in [0.1, 0.15) is 31.4 Å². The van der Waals surface area contributed by atoms with Crippen LogP contribution in [0, 0.1) is 10.1 Å². The van der Waals surface area contributed by atoms with E-state index in [0.717, 1.165) is 17.5 Å². The average Bonchev–Trinajstić information content (AvgIpc) is 2.76. The Morgan fingerprint density at radius 2 is 1.77 bits per heavy atom. The Labute approximate surface area is 181 Å². The molecule has 0 saturated carbocycles. The van der Waals surface area contributed by atoms with Crippen LogP contribution >= 0.6 is 11.8 Å². The third-order valence-corrected chi connectivity index (χ3v) is 5.54. The number of hydrogen-bond acceptors (Lipinski definition) is 5.